The van der Waals surface area contributed by atoms with Crippen molar-refractivity contribution in [3.05, 3.63) is 21.4 Å². The van der Waals surface area contributed by atoms with E-state index in [0.717, 1.165) is 4.88 Å². The van der Waals surface area contributed by atoms with Crippen LogP contribution in [-0.4, -0.2) is 32.5 Å². The Balaban J connectivity index is 2.59. The molecule has 0 fully saturated rings. The van der Waals surface area contributed by atoms with Gasteiger partial charge in [0.05, 0.1) is 6.10 Å². The zero-order chi connectivity index (χ0) is 12.8. The van der Waals surface area contributed by atoms with Gasteiger partial charge in [0.25, 0.3) is 0 Å². The molecule has 0 saturated heterocycles. The highest BCUT2D eigenvalue weighted by Gasteiger charge is 2.49. The van der Waals surface area contributed by atoms with E-state index in [1.807, 2.05) is 6.92 Å². The first-order valence-electron chi connectivity index (χ1n) is 5.35. The van der Waals surface area contributed by atoms with Gasteiger partial charge in [-0.1, -0.05) is 6.92 Å². The van der Waals surface area contributed by atoms with Crippen LogP contribution >= 0.6 is 11.3 Å². The first kappa shape index (κ1) is 12.5. The minimum absolute atomic E-state index is 0.213. The van der Waals surface area contributed by atoms with Gasteiger partial charge in [0.2, 0.25) is 0 Å². The lowest BCUT2D eigenvalue weighted by atomic mass is 9.80. The lowest BCUT2D eigenvalue weighted by Crippen LogP contribution is -2.44. The summed E-state index contributed by atoms with van der Waals surface area (Å²) in [5.41, 5.74) is -1.89. The van der Waals surface area contributed by atoms with E-state index in [1.54, 1.807) is 6.07 Å². The molecule has 0 unspecified atom stereocenters. The van der Waals surface area contributed by atoms with E-state index >= 15 is 0 Å². The molecule has 0 aromatic carbocycles. The van der Waals surface area contributed by atoms with Gasteiger partial charge in [0.15, 0.2) is 5.60 Å². The number of rotatable bonds is 2. The second-order valence-electron chi connectivity index (χ2n) is 4.23. The number of aryl methyl sites for hydroxylation is 1. The monoisotopic (exact) mass is 258 g/mol. The summed E-state index contributed by atoms with van der Waals surface area (Å²) in [5.74, 6) is -1.40. The normalized spacial score (nSPS) is 32.2. The van der Waals surface area contributed by atoms with Crippen LogP contribution in [0.2, 0.25) is 0 Å². The molecule has 0 amide bonds. The van der Waals surface area contributed by atoms with Gasteiger partial charge in [-0.2, -0.15) is 0 Å². The number of carbonyl (C=O) groups is 1. The molecule has 94 valence electrons. The van der Waals surface area contributed by atoms with E-state index in [-0.39, 0.29) is 5.56 Å². The Labute approximate surface area is 102 Å². The molecule has 2 rings (SSSR count). The van der Waals surface area contributed by atoms with Gasteiger partial charge in [0, 0.05) is 21.7 Å². The molecule has 0 radical (unpaired) electrons. The van der Waals surface area contributed by atoms with Gasteiger partial charge < -0.3 is 20.4 Å². The van der Waals surface area contributed by atoms with Gasteiger partial charge in [-0.25, -0.2) is 4.79 Å². The number of hydrogen-bond donors (Lipinski definition) is 4. The molecular formula is C11H14O5S. The van der Waals surface area contributed by atoms with E-state index in [1.165, 1.54) is 11.3 Å². The van der Waals surface area contributed by atoms with Crippen molar-refractivity contribution in [3.8, 4) is 0 Å². The van der Waals surface area contributed by atoms with Crippen LogP contribution in [0.25, 0.3) is 0 Å². The maximum Gasteiger partial charge on any atom is 0.340 e. The summed E-state index contributed by atoms with van der Waals surface area (Å²) in [6, 6.07) is 1.60. The average molecular weight is 258 g/mol. The fourth-order valence-corrected chi connectivity index (χ4v) is 3.30. The Morgan fingerprint density at radius 1 is 1.59 bits per heavy atom. The largest absolute Gasteiger partial charge is 0.479 e. The smallest absolute Gasteiger partial charge is 0.340 e. The number of carboxylic acids is 1. The zero-order valence-corrected chi connectivity index (χ0v) is 10.1. The van der Waals surface area contributed by atoms with Crippen LogP contribution in [0, 0.1) is 0 Å². The molecular weight excluding hydrogens is 244 g/mol. The lowest BCUT2D eigenvalue weighted by molar-refractivity contribution is -0.168. The molecule has 0 spiro atoms. The number of hydrogen-bond acceptors (Lipinski definition) is 5. The van der Waals surface area contributed by atoms with Crippen LogP contribution in [0.15, 0.2) is 6.07 Å². The molecule has 1 aliphatic carbocycles. The standard InChI is InChI=1S/C11H14O5S/c1-2-5-3-6-9(17-5)8(13)7(12)4-11(6,16)10(14)15/h3,7-8,12-13,16H,2,4H2,1H3,(H,14,15)/t7-,8+,11+/m1/s1. The highest BCUT2D eigenvalue weighted by molar-refractivity contribution is 7.12. The van der Waals surface area contributed by atoms with E-state index < -0.39 is 30.2 Å². The highest BCUT2D eigenvalue weighted by atomic mass is 32.1. The third kappa shape index (κ3) is 1.77. The molecule has 6 heteroatoms. The first-order valence-corrected chi connectivity index (χ1v) is 6.16. The van der Waals surface area contributed by atoms with E-state index in [4.69, 9.17) is 5.11 Å². The van der Waals surface area contributed by atoms with E-state index in [0.29, 0.717) is 11.3 Å². The molecule has 0 bridgehead atoms. The number of aliphatic carboxylic acids is 1. The number of carboxylic acid groups (broad SMARTS) is 1. The van der Waals surface area contributed by atoms with Gasteiger partial charge in [0.1, 0.15) is 6.10 Å². The van der Waals surface area contributed by atoms with Gasteiger partial charge in [-0.3, -0.25) is 0 Å². The maximum absolute atomic E-state index is 11.2. The van der Waals surface area contributed by atoms with Crippen molar-refractivity contribution in [2.45, 2.75) is 37.6 Å². The zero-order valence-electron chi connectivity index (χ0n) is 9.25. The van der Waals surface area contributed by atoms with Gasteiger partial charge >= 0.3 is 5.97 Å². The summed E-state index contributed by atoms with van der Waals surface area (Å²) in [7, 11) is 0. The van der Waals surface area contributed by atoms with Crippen LogP contribution in [-0.2, 0) is 16.8 Å². The Morgan fingerprint density at radius 2 is 2.24 bits per heavy atom. The molecule has 4 N–H and O–H groups in total. The van der Waals surface area contributed by atoms with Crippen molar-refractivity contribution in [1.29, 1.82) is 0 Å². The summed E-state index contributed by atoms with van der Waals surface area (Å²) < 4.78 is 0. The molecule has 0 saturated carbocycles. The molecule has 1 aromatic heterocycles. The van der Waals surface area contributed by atoms with Crippen molar-refractivity contribution in [2.75, 3.05) is 0 Å². The molecule has 1 heterocycles. The third-order valence-corrected chi connectivity index (χ3v) is 4.45. The summed E-state index contributed by atoms with van der Waals surface area (Å²) >= 11 is 1.23. The summed E-state index contributed by atoms with van der Waals surface area (Å²) in [4.78, 5) is 12.4. The molecule has 3 atom stereocenters. The predicted molar refractivity (Wildman–Crippen MR) is 60.8 cm³/mol. The molecule has 5 nitrogen and oxygen atoms in total. The second-order valence-corrected chi connectivity index (χ2v) is 5.39. The Morgan fingerprint density at radius 3 is 2.76 bits per heavy atom. The van der Waals surface area contributed by atoms with Gasteiger partial charge in [-0.15, -0.1) is 11.3 Å². The Hall–Kier alpha value is -0.950. The first-order chi connectivity index (χ1) is 7.90. The maximum atomic E-state index is 11.2. The van der Waals surface area contributed by atoms with Crippen molar-refractivity contribution < 1.29 is 25.2 Å². The Bertz CT molecular complexity index is 455. The highest BCUT2D eigenvalue weighted by Crippen LogP contribution is 2.45. The van der Waals surface area contributed by atoms with Gasteiger partial charge in [-0.05, 0) is 12.5 Å². The summed E-state index contributed by atoms with van der Waals surface area (Å²) in [6.07, 6.45) is -2.08. The third-order valence-electron chi connectivity index (χ3n) is 3.10. The summed E-state index contributed by atoms with van der Waals surface area (Å²) in [5, 5.41) is 38.7. The predicted octanol–water partition coefficient (Wildman–Crippen LogP) is 0.381. The van der Waals surface area contributed by atoms with Crippen molar-refractivity contribution in [2.24, 2.45) is 0 Å². The number of thiophene rings is 1. The average Bonchev–Trinajstić information content (AvgIpc) is 2.70. The topological polar surface area (TPSA) is 98.0 Å². The lowest BCUT2D eigenvalue weighted by Gasteiger charge is -2.34. The number of fused-ring (bicyclic) bond motifs is 1. The number of aliphatic hydroxyl groups is 3. The van der Waals surface area contributed by atoms with Crippen LogP contribution in [0.1, 0.15) is 34.8 Å². The van der Waals surface area contributed by atoms with E-state index in [9.17, 15) is 20.1 Å². The second kappa shape index (κ2) is 4.06. The SMILES string of the molecule is CCc1cc2c(s1)[C@@H](O)[C@H](O)C[C@@]2(O)C(=O)O. The fraction of sp³-hybridized carbons (Fsp3) is 0.545. The van der Waals surface area contributed by atoms with Crippen LogP contribution in [0.4, 0.5) is 0 Å². The quantitative estimate of drug-likeness (QED) is 0.615. The molecule has 1 aliphatic rings. The fourth-order valence-electron chi connectivity index (χ4n) is 2.08. The molecule has 17 heavy (non-hydrogen) atoms. The summed E-state index contributed by atoms with van der Waals surface area (Å²) in [6.45, 7) is 1.90. The minimum atomic E-state index is -2.10. The van der Waals surface area contributed by atoms with Crippen LogP contribution in [0.5, 0.6) is 0 Å². The van der Waals surface area contributed by atoms with Crippen LogP contribution < -0.4 is 0 Å². The number of aliphatic hydroxyl groups excluding tert-OH is 2. The Kier molecular flexibility index (Phi) is 2.99. The van der Waals surface area contributed by atoms with Crippen molar-refractivity contribution in [1.82, 2.24) is 0 Å². The molecule has 1 aromatic rings. The minimum Gasteiger partial charge on any atom is -0.479 e. The van der Waals surface area contributed by atoms with Crippen molar-refractivity contribution >= 4 is 17.3 Å². The van der Waals surface area contributed by atoms with Crippen LogP contribution in [0.3, 0.4) is 0 Å². The van der Waals surface area contributed by atoms with E-state index in [2.05, 4.69) is 0 Å². The van der Waals surface area contributed by atoms with Crippen molar-refractivity contribution in [3.63, 3.8) is 0 Å². The molecule has 0 aliphatic heterocycles.